The Balaban J connectivity index is 2.41. The van der Waals surface area contributed by atoms with Gasteiger partial charge in [-0.2, -0.15) is 0 Å². The first-order valence-corrected chi connectivity index (χ1v) is 6.55. The van der Waals surface area contributed by atoms with Crippen LogP contribution in [0.3, 0.4) is 0 Å². The van der Waals surface area contributed by atoms with E-state index in [1.807, 2.05) is 0 Å². The Bertz CT molecular complexity index is 268. The smallest absolute Gasteiger partial charge is 0.229 e. The van der Waals surface area contributed by atoms with Crippen LogP contribution in [0.15, 0.2) is 0 Å². The Morgan fingerprint density at radius 3 is 2.81 bits per heavy atom. The van der Waals surface area contributed by atoms with Gasteiger partial charge in [0.05, 0.1) is 10.9 Å². The molecule has 1 amide bonds. The van der Waals surface area contributed by atoms with Crippen LogP contribution in [-0.2, 0) is 4.79 Å². The maximum Gasteiger partial charge on any atom is 0.229 e. The van der Waals surface area contributed by atoms with Gasteiger partial charge in [0.15, 0.2) is 0 Å². The number of nitrogens with one attached hydrogen (secondary N) is 1. The fraction of sp³-hybridized carbons (Fsp3) is 0.833. The van der Waals surface area contributed by atoms with E-state index in [2.05, 4.69) is 12.2 Å². The number of carbonyl (C=O) groups excluding carboxylic acids is 1. The highest BCUT2D eigenvalue weighted by atomic mass is 32.1. The highest BCUT2D eigenvalue weighted by Crippen LogP contribution is 2.26. The molecular formula is C12H22N2OS. The SMILES string of the molecule is CCC1CCCC(NC(=O)C(C)C(N)=S)C1. The summed E-state index contributed by atoms with van der Waals surface area (Å²) in [4.78, 5) is 12.0. The molecule has 0 heterocycles. The number of carbonyl (C=O) groups is 1. The molecule has 1 saturated carbocycles. The Hall–Kier alpha value is -0.640. The van der Waals surface area contributed by atoms with E-state index in [1.165, 1.54) is 19.3 Å². The van der Waals surface area contributed by atoms with Crippen molar-refractivity contribution in [2.45, 2.75) is 52.0 Å². The lowest BCUT2D eigenvalue weighted by molar-refractivity contribution is -0.123. The molecule has 0 aromatic carbocycles. The third-order valence-electron chi connectivity index (χ3n) is 3.53. The van der Waals surface area contributed by atoms with Gasteiger partial charge in [-0.25, -0.2) is 0 Å². The molecule has 0 radical (unpaired) electrons. The second-order valence-corrected chi connectivity index (χ2v) is 5.24. The largest absolute Gasteiger partial charge is 0.393 e. The van der Waals surface area contributed by atoms with E-state index in [0.717, 1.165) is 18.8 Å². The molecule has 3 unspecified atom stereocenters. The minimum atomic E-state index is -0.350. The number of hydrogen-bond acceptors (Lipinski definition) is 2. The second-order valence-electron chi connectivity index (χ2n) is 4.77. The van der Waals surface area contributed by atoms with E-state index in [0.29, 0.717) is 6.04 Å². The predicted octanol–water partition coefficient (Wildman–Crippen LogP) is 1.99. The standard InChI is InChI=1S/C12H22N2OS/c1-3-9-5-4-6-10(7-9)14-12(15)8(2)11(13)16/h8-10H,3-7H2,1-2H3,(H2,13,16)(H,14,15). The Morgan fingerprint density at radius 1 is 1.56 bits per heavy atom. The number of hydrogen-bond donors (Lipinski definition) is 2. The highest BCUT2D eigenvalue weighted by molar-refractivity contribution is 7.80. The van der Waals surface area contributed by atoms with Gasteiger partial charge in [0.1, 0.15) is 0 Å². The van der Waals surface area contributed by atoms with E-state index in [4.69, 9.17) is 18.0 Å². The molecule has 0 aromatic rings. The summed E-state index contributed by atoms with van der Waals surface area (Å²) in [6.07, 6.45) is 5.91. The highest BCUT2D eigenvalue weighted by Gasteiger charge is 2.24. The van der Waals surface area contributed by atoms with Gasteiger partial charge >= 0.3 is 0 Å². The quantitative estimate of drug-likeness (QED) is 0.741. The molecule has 16 heavy (non-hydrogen) atoms. The summed E-state index contributed by atoms with van der Waals surface area (Å²) >= 11 is 4.83. The minimum Gasteiger partial charge on any atom is -0.393 e. The molecule has 92 valence electrons. The van der Waals surface area contributed by atoms with Crippen molar-refractivity contribution in [3.63, 3.8) is 0 Å². The predicted molar refractivity (Wildman–Crippen MR) is 70.1 cm³/mol. The number of rotatable bonds is 4. The van der Waals surface area contributed by atoms with Crippen LogP contribution < -0.4 is 11.1 Å². The van der Waals surface area contributed by atoms with Crippen molar-refractivity contribution in [2.75, 3.05) is 0 Å². The maximum atomic E-state index is 11.8. The summed E-state index contributed by atoms with van der Waals surface area (Å²) in [5.41, 5.74) is 5.47. The molecule has 0 aliphatic heterocycles. The van der Waals surface area contributed by atoms with E-state index in [-0.39, 0.29) is 16.8 Å². The summed E-state index contributed by atoms with van der Waals surface area (Å²) in [6.45, 7) is 3.98. The van der Waals surface area contributed by atoms with Crippen molar-refractivity contribution in [1.29, 1.82) is 0 Å². The van der Waals surface area contributed by atoms with Crippen LogP contribution >= 0.6 is 12.2 Å². The summed E-state index contributed by atoms with van der Waals surface area (Å²) in [5.74, 6) is 0.394. The molecule has 1 fully saturated rings. The summed E-state index contributed by atoms with van der Waals surface area (Å²) in [5, 5.41) is 3.06. The van der Waals surface area contributed by atoms with Crippen LogP contribution in [0.4, 0.5) is 0 Å². The van der Waals surface area contributed by atoms with Crippen molar-refractivity contribution in [2.24, 2.45) is 17.6 Å². The third kappa shape index (κ3) is 3.74. The van der Waals surface area contributed by atoms with Gasteiger partial charge in [0.25, 0.3) is 0 Å². The van der Waals surface area contributed by atoms with Crippen molar-refractivity contribution in [3.8, 4) is 0 Å². The molecular weight excluding hydrogens is 220 g/mol. The Morgan fingerprint density at radius 2 is 2.25 bits per heavy atom. The topological polar surface area (TPSA) is 55.1 Å². The molecule has 1 aliphatic carbocycles. The van der Waals surface area contributed by atoms with Gasteiger partial charge in [0, 0.05) is 6.04 Å². The third-order valence-corrected chi connectivity index (χ3v) is 3.88. The Kier molecular flexibility index (Phi) is 5.19. The van der Waals surface area contributed by atoms with Gasteiger partial charge in [-0.15, -0.1) is 0 Å². The minimum absolute atomic E-state index is 0.0192. The van der Waals surface area contributed by atoms with Crippen LogP contribution in [0.25, 0.3) is 0 Å². The molecule has 1 aliphatic rings. The van der Waals surface area contributed by atoms with Crippen molar-refractivity contribution < 1.29 is 4.79 Å². The average molecular weight is 242 g/mol. The van der Waals surface area contributed by atoms with Crippen LogP contribution in [0, 0.1) is 11.8 Å². The normalized spacial score (nSPS) is 27.1. The summed E-state index contributed by atoms with van der Waals surface area (Å²) < 4.78 is 0. The molecule has 4 heteroatoms. The lowest BCUT2D eigenvalue weighted by Gasteiger charge is -2.29. The molecule has 0 spiro atoms. The zero-order valence-electron chi connectivity index (χ0n) is 10.2. The molecule has 3 atom stereocenters. The fourth-order valence-electron chi connectivity index (χ4n) is 2.25. The van der Waals surface area contributed by atoms with Crippen LogP contribution in [0.5, 0.6) is 0 Å². The number of amides is 1. The van der Waals surface area contributed by atoms with E-state index < -0.39 is 0 Å². The van der Waals surface area contributed by atoms with Crippen molar-refractivity contribution in [3.05, 3.63) is 0 Å². The average Bonchev–Trinajstić information content (AvgIpc) is 2.28. The fourth-order valence-corrected chi connectivity index (χ4v) is 2.36. The van der Waals surface area contributed by atoms with Gasteiger partial charge < -0.3 is 11.1 Å². The maximum absolute atomic E-state index is 11.8. The molecule has 1 rings (SSSR count). The second kappa shape index (κ2) is 6.18. The zero-order chi connectivity index (χ0) is 12.1. The van der Waals surface area contributed by atoms with Crippen LogP contribution in [-0.4, -0.2) is 16.9 Å². The van der Waals surface area contributed by atoms with E-state index >= 15 is 0 Å². The summed E-state index contributed by atoms with van der Waals surface area (Å²) in [7, 11) is 0. The van der Waals surface area contributed by atoms with Crippen LogP contribution in [0.2, 0.25) is 0 Å². The van der Waals surface area contributed by atoms with Crippen LogP contribution in [0.1, 0.15) is 46.0 Å². The molecule has 0 bridgehead atoms. The van der Waals surface area contributed by atoms with Crippen molar-refractivity contribution >= 4 is 23.1 Å². The van der Waals surface area contributed by atoms with E-state index in [9.17, 15) is 4.79 Å². The first kappa shape index (κ1) is 13.4. The lowest BCUT2D eigenvalue weighted by atomic mass is 9.84. The molecule has 3 N–H and O–H groups in total. The molecule has 0 aromatic heterocycles. The summed E-state index contributed by atoms with van der Waals surface area (Å²) in [6, 6.07) is 0.322. The van der Waals surface area contributed by atoms with Crippen molar-refractivity contribution in [1.82, 2.24) is 5.32 Å². The number of nitrogens with two attached hydrogens (primary N) is 1. The van der Waals surface area contributed by atoms with Gasteiger partial charge in [0.2, 0.25) is 5.91 Å². The van der Waals surface area contributed by atoms with Gasteiger partial charge in [-0.3, -0.25) is 4.79 Å². The lowest BCUT2D eigenvalue weighted by Crippen LogP contribution is -2.43. The monoisotopic (exact) mass is 242 g/mol. The number of thiocarbonyl (C=S) groups is 1. The Labute approximate surface area is 103 Å². The molecule has 0 saturated heterocycles. The van der Waals surface area contributed by atoms with E-state index in [1.54, 1.807) is 6.92 Å². The molecule has 3 nitrogen and oxygen atoms in total. The first-order valence-electron chi connectivity index (χ1n) is 6.14. The van der Waals surface area contributed by atoms with Gasteiger partial charge in [-0.05, 0) is 25.7 Å². The van der Waals surface area contributed by atoms with Gasteiger partial charge in [-0.1, -0.05) is 38.4 Å². The zero-order valence-corrected chi connectivity index (χ0v) is 11.0. The first-order chi connectivity index (χ1) is 7.54.